The Morgan fingerprint density at radius 3 is 2.52 bits per heavy atom. The standard InChI is InChI=1S/C16H10F5N3O3/c17-15(18)23-12-4-2-1-3-11(12)22-14(23)8-27-13-6-5-9(24(25)26)7-10(13)16(19,20)21/h1-7,15H,8H2. The van der Waals surface area contributed by atoms with Crippen molar-refractivity contribution in [3.63, 3.8) is 0 Å². The number of nitro benzene ring substituents is 1. The summed E-state index contributed by atoms with van der Waals surface area (Å²) in [6, 6.07) is 7.90. The van der Waals surface area contributed by atoms with E-state index < -0.39 is 41.3 Å². The molecule has 0 unspecified atom stereocenters. The van der Waals surface area contributed by atoms with E-state index in [9.17, 15) is 32.1 Å². The van der Waals surface area contributed by atoms with Crippen LogP contribution >= 0.6 is 0 Å². The number of fused-ring (bicyclic) bond motifs is 1. The monoisotopic (exact) mass is 387 g/mol. The first-order valence-electron chi connectivity index (χ1n) is 7.41. The summed E-state index contributed by atoms with van der Waals surface area (Å²) < 4.78 is 71.7. The van der Waals surface area contributed by atoms with Crippen LogP contribution in [0.15, 0.2) is 42.5 Å². The molecule has 0 saturated heterocycles. The predicted molar refractivity (Wildman–Crippen MR) is 83.4 cm³/mol. The Morgan fingerprint density at radius 2 is 1.89 bits per heavy atom. The van der Waals surface area contributed by atoms with E-state index in [4.69, 9.17) is 4.74 Å². The van der Waals surface area contributed by atoms with E-state index in [-0.39, 0.29) is 16.9 Å². The Kier molecular flexibility index (Phi) is 4.68. The number of benzene rings is 2. The number of ether oxygens (including phenoxy) is 1. The zero-order valence-electron chi connectivity index (χ0n) is 13.3. The zero-order valence-corrected chi connectivity index (χ0v) is 13.3. The molecule has 0 bridgehead atoms. The topological polar surface area (TPSA) is 70.2 Å². The fourth-order valence-corrected chi connectivity index (χ4v) is 2.54. The van der Waals surface area contributed by atoms with Gasteiger partial charge in [-0.05, 0) is 18.2 Å². The van der Waals surface area contributed by atoms with Crippen LogP contribution in [0.25, 0.3) is 11.0 Å². The Morgan fingerprint density at radius 1 is 1.19 bits per heavy atom. The maximum absolute atomic E-state index is 13.3. The van der Waals surface area contributed by atoms with Crippen LogP contribution in [0.5, 0.6) is 5.75 Å². The van der Waals surface area contributed by atoms with Gasteiger partial charge < -0.3 is 4.74 Å². The molecule has 0 saturated carbocycles. The van der Waals surface area contributed by atoms with Gasteiger partial charge in [0.05, 0.1) is 16.0 Å². The quantitative estimate of drug-likeness (QED) is 0.353. The van der Waals surface area contributed by atoms with E-state index in [0.717, 1.165) is 12.1 Å². The number of imidazole rings is 1. The maximum Gasteiger partial charge on any atom is 0.420 e. The number of hydrogen-bond acceptors (Lipinski definition) is 4. The average molecular weight is 387 g/mol. The molecule has 0 fully saturated rings. The summed E-state index contributed by atoms with van der Waals surface area (Å²) in [6.07, 6.45) is -4.93. The SMILES string of the molecule is O=[N+]([O-])c1ccc(OCc2nc3ccccc3n2C(F)F)c(C(F)(F)F)c1. The number of halogens is 5. The minimum absolute atomic E-state index is 0.103. The van der Waals surface area contributed by atoms with Crippen molar-refractivity contribution in [3.05, 3.63) is 64.0 Å². The summed E-state index contributed by atoms with van der Waals surface area (Å²) in [7, 11) is 0. The van der Waals surface area contributed by atoms with Crippen molar-refractivity contribution in [3.8, 4) is 5.75 Å². The number of aromatic nitrogens is 2. The molecule has 1 aromatic heterocycles. The Hall–Kier alpha value is -3.24. The van der Waals surface area contributed by atoms with Crippen molar-refractivity contribution in [2.75, 3.05) is 0 Å². The first-order valence-corrected chi connectivity index (χ1v) is 7.41. The van der Waals surface area contributed by atoms with Gasteiger partial charge in [-0.3, -0.25) is 14.7 Å². The van der Waals surface area contributed by atoms with Crippen LogP contribution in [0, 0.1) is 10.1 Å². The molecule has 1 heterocycles. The molecule has 0 N–H and O–H groups in total. The molecule has 3 rings (SSSR count). The van der Waals surface area contributed by atoms with Crippen molar-refractivity contribution in [2.45, 2.75) is 19.3 Å². The minimum atomic E-state index is -4.93. The first kappa shape index (κ1) is 18.5. The van der Waals surface area contributed by atoms with Gasteiger partial charge in [0.25, 0.3) is 5.69 Å². The largest absolute Gasteiger partial charge is 0.485 e. The molecule has 142 valence electrons. The lowest BCUT2D eigenvalue weighted by Crippen LogP contribution is -2.12. The van der Waals surface area contributed by atoms with Crippen LogP contribution in [-0.2, 0) is 12.8 Å². The third-order valence-corrected chi connectivity index (χ3v) is 3.70. The number of alkyl halides is 5. The van der Waals surface area contributed by atoms with E-state index in [1.807, 2.05) is 0 Å². The average Bonchev–Trinajstić information content (AvgIpc) is 2.97. The Bertz CT molecular complexity index is 1000. The molecule has 0 atom stereocenters. The first-order chi connectivity index (χ1) is 12.7. The summed E-state index contributed by atoms with van der Waals surface area (Å²) in [5.74, 6) is -1.00. The van der Waals surface area contributed by atoms with Gasteiger partial charge in [-0.1, -0.05) is 12.1 Å². The van der Waals surface area contributed by atoms with E-state index in [1.54, 1.807) is 6.07 Å². The summed E-state index contributed by atoms with van der Waals surface area (Å²) >= 11 is 0. The highest BCUT2D eigenvalue weighted by Crippen LogP contribution is 2.38. The van der Waals surface area contributed by atoms with E-state index in [2.05, 4.69) is 4.98 Å². The Labute approximate surface area is 147 Å². The molecule has 0 aliphatic rings. The van der Waals surface area contributed by atoms with E-state index >= 15 is 0 Å². The highest BCUT2D eigenvalue weighted by Gasteiger charge is 2.36. The van der Waals surface area contributed by atoms with Gasteiger partial charge in [-0.25, -0.2) is 4.98 Å². The lowest BCUT2D eigenvalue weighted by atomic mass is 10.1. The molecule has 0 amide bonds. The number of nitrogens with zero attached hydrogens (tertiary/aromatic N) is 3. The molecule has 11 heteroatoms. The summed E-state index contributed by atoms with van der Waals surface area (Å²) in [6.45, 7) is -3.66. The third-order valence-electron chi connectivity index (χ3n) is 3.70. The minimum Gasteiger partial charge on any atom is -0.485 e. The van der Waals surface area contributed by atoms with Gasteiger partial charge in [0.1, 0.15) is 17.9 Å². The number of para-hydroxylation sites is 2. The molecule has 0 aliphatic heterocycles. The Balaban J connectivity index is 1.97. The van der Waals surface area contributed by atoms with Gasteiger partial charge in [0.2, 0.25) is 0 Å². The van der Waals surface area contributed by atoms with Gasteiger partial charge in [-0.15, -0.1) is 0 Å². The molecule has 0 spiro atoms. The normalized spacial score (nSPS) is 11.9. The van der Waals surface area contributed by atoms with Gasteiger partial charge in [0, 0.05) is 12.1 Å². The molecule has 3 aromatic rings. The van der Waals surface area contributed by atoms with E-state index in [1.165, 1.54) is 18.2 Å². The molecular weight excluding hydrogens is 377 g/mol. The smallest absolute Gasteiger partial charge is 0.420 e. The second kappa shape index (κ2) is 6.82. The van der Waals surface area contributed by atoms with Crippen molar-refractivity contribution < 1.29 is 31.6 Å². The van der Waals surface area contributed by atoms with Crippen molar-refractivity contribution >= 4 is 16.7 Å². The van der Waals surface area contributed by atoms with Crippen molar-refractivity contribution in [2.24, 2.45) is 0 Å². The molecular formula is C16H10F5N3O3. The maximum atomic E-state index is 13.3. The van der Waals surface area contributed by atoms with Gasteiger partial charge in [0.15, 0.2) is 5.82 Å². The zero-order chi connectivity index (χ0) is 19.8. The summed E-state index contributed by atoms with van der Waals surface area (Å²) in [5.41, 5.74) is -1.81. The number of non-ortho nitro benzene ring substituents is 1. The number of nitro groups is 1. The van der Waals surface area contributed by atoms with Crippen molar-refractivity contribution in [1.29, 1.82) is 0 Å². The number of hydrogen-bond donors (Lipinski definition) is 0. The highest BCUT2D eigenvalue weighted by atomic mass is 19.4. The highest BCUT2D eigenvalue weighted by molar-refractivity contribution is 5.75. The van der Waals surface area contributed by atoms with Crippen LogP contribution in [0.2, 0.25) is 0 Å². The summed E-state index contributed by atoms with van der Waals surface area (Å²) in [5, 5.41) is 10.7. The predicted octanol–water partition coefficient (Wildman–Crippen LogP) is 4.94. The molecule has 2 aromatic carbocycles. The molecule has 0 radical (unpaired) electrons. The van der Waals surface area contributed by atoms with Crippen LogP contribution < -0.4 is 4.74 Å². The second-order valence-electron chi connectivity index (χ2n) is 5.39. The van der Waals surface area contributed by atoms with Gasteiger partial charge in [-0.2, -0.15) is 22.0 Å². The molecule has 0 aliphatic carbocycles. The fraction of sp³-hybridized carbons (Fsp3) is 0.188. The van der Waals surface area contributed by atoms with Gasteiger partial charge >= 0.3 is 12.7 Å². The lowest BCUT2D eigenvalue weighted by Gasteiger charge is -2.14. The van der Waals surface area contributed by atoms with Crippen LogP contribution in [-0.4, -0.2) is 14.5 Å². The summed E-state index contributed by atoms with van der Waals surface area (Å²) in [4.78, 5) is 13.7. The fourth-order valence-electron chi connectivity index (χ4n) is 2.54. The van der Waals surface area contributed by atoms with Crippen molar-refractivity contribution in [1.82, 2.24) is 9.55 Å². The molecule has 27 heavy (non-hydrogen) atoms. The van der Waals surface area contributed by atoms with Crippen LogP contribution in [0.4, 0.5) is 27.6 Å². The second-order valence-corrected chi connectivity index (χ2v) is 5.39. The van der Waals surface area contributed by atoms with E-state index in [0.29, 0.717) is 10.6 Å². The molecule has 6 nitrogen and oxygen atoms in total. The van der Waals surface area contributed by atoms with Crippen LogP contribution in [0.1, 0.15) is 17.9 Å². The number of rotatable bonds is 5. The lowest BCUT2D eigenvalue weighted by molar-refractivity contribution is -0.385. The third kappa shape index (κ3) is 3.66. The van der Waals surface area contributed by atoms with Crippen LogP contribution in [0.3, 0.4) is 0 Å².